The van der Waals surface area contributed by atoms with Gasteiger partial charge in [-0.1, -0.05) is 59.6 Å². The molecule has 6 nitrogen and oxygen atoms in total. The lowest BCUT2D eigenvalue weighted by Crippen LogP contribution is -2.30. The van der Waals surface area contributed by atoms with Gasteiger partial charge in [0.2, 0.25) is 5.91 Å². The molecule has 0 bridgehead atoms. The van der Waals surface area contributed by atoms with Crippen molar-refractivity contribution >= 4 is 70.1 Å². The zero-order chi connectivity index (χ0) is 29.4. The van der Waals surface area contributed by atoms with E-state index in [0.29, 0.717) is 22.0 Å². The van der Waals surface area contributed by atoms with Crippen molar-refractivity contribution in [3.8, 4) is 0 Å². The van der Waals surface area contributed by atoms with Gasteiger partial charge < -0.3 is 16.0 Å². The molecular weight excluding hydrogens is 584 g/mol. The first-order valence-electron chi connectivity index (χ1n) is 12.3. The summed E-state index contributed by atoms with van der Waals surface area (Å²) in [6, 6.07) is 24.6. The molecule has 3 N–H and O–H groups in total. The zero-order valence-electron chi connectivity index (χ0n) is 21.7. The van der Waals surface area contributed by atoms with Crippen LogP contribution in [0.5, 0.6) is 0 Å². The van der Waals surface area contributed by atoms with E-state index in [1.807, 2.05) is 6.92 Å². The molecule has 4 aromatic rings. The van der Waals surface area contributed by atoms with E-state index in [1.165, 1.54) is 36.0 Å². The lowest BCUT2D eigenvalue weighted by molar-refractivity contribution is -0.114. The topological polar surface area (TPSA) is 87.3 Å². The van der Waals surface area contributed by atoms with Gasteiger partial charge in [-0.25, -0.2) is 4.39 Å². The van der Waals surface area contributed by atoms with Crippen molar-refractivity contribution in [1.29, 1.82) is 0 Å². The molecule has 0 unspecified atom stereocenters. The molecule has 0 saturated heterocycles. The molecule has 41 heavy (non-hydrogen) atoms. The van der Waals surface area contributed by atoms with Crippen molar-refractivity contribution in [2.24, 2.45) is 0 Å². The number of hydrogen-bond donors (Lipinski definition) is 3. The van der Waals surface area contributed by atoms with Crippen molar-refractivity contribution in [3.63, 3.8) is 0 Å². The summed E-state index contributed by atoms with van der Waals surface area (Å²) < 4.78 is 14.5. The minimum Gasteiger partial charge on any atom is -0.325 e. The molecule has 0 aromatic heterocycles. The molecule has 4 aromatic carbocycles. The first-order valence-corrected chi connectivity index (χ1v) is 14.1. The summed E-state index contributed by atoms with van der Waals surface area (Å²) in [5, 5.41) is 8.76. The van der Waals surface area contributed by atoms with Crippen LogP contribution in [0.15, 0.2) is 102 Å². The van der Waals surface area contributed by atoms with Gasteiger partial charge in [0.1, 0.15) is 11.5 Å². The minimum absolute atomic E-state index is 0.0436. The molecule has 3 amide bonds. The normalized spacial score (nSPS) is 11.1. The Morgan fingerprint density at radius 1 is 0.854 bits per heavy atom. The summed E-state index contributed by atoms with van der Waals surface area (Å²) in [6.07, 6.45) is 1.19. The SMILES string of the molecule is Cc1c(Cl)cccc1NC(=O)CSc1cccc(NC(=O)/C(=C\c2c(F)cccc2Cl)NC(=O)c2ccccc2)c1. The molecule has 0 fully saturated rings. The second-order valence-electron chi connectivity index (χ2n) is 8.74. The van der Waals surface area contributed by atoms with Crippen molar-refractivity contribution in [3.05, 3.63) is 129 Å². The number of carbonyl (C=O) groups is 3. The summed E-state index contributed by atoms with van der Waals surface area (Å²) in [5.41, 5.74) is 1.88. The molecule has 4 rings (SSSR count). The van der Waals surface area contributed by atoms with E-state index in [4.69, 9.17) is 23.2 Å². The Bertz CT molecular complexity index is 1610. The van der Waals surface area contributed by atoms with Crippen LogP contribution in [0.3, 0.4) is 0 Å². The van der Waals surface area contributed by atoms with Crippen LogP contribution >= 0.6 is 35.0 Å². The molecule has 0 spiro atoms. The van der Waals surface area contributed by atoms with Crippen LogP contribution in [-0.4, -0.2) is 23.5 Å². The van der Waals surface area contributed by atoms with E-state index in [-0.39, 0.29) is 27.9 Å². The minimum atomic E-state index is -0.690. The van der Waals surface area contributed by atoms with Crippen molar-refractivity contribution in [1.82, 2.24) is 5.32 Å². The predicted molar refractivity (Wildman–Crippen MR) is 164 cm³/mol. The van der Waals surface area contributed by atoms with E-state index < -0.39 is 17.6 Å². The van der Waals surface area contributed by atoms with E-state index in [0.717, 1.165) is 10.5 Å². The van der Waals surface area contributed by atoms with Gasteiger partial charge in [0, 0.05) is 32.4 Å². The number of thioether (sulfide) groups is 1. The van der Waals surface area contributed by atoms with Crippen LogP contribution in [0.2, 0.25) is 10.0 Å². The molecule has 0 aliphatic carbocycles. The number of carbonyl (C=O) groups excluding carboxylic acids is 3. The largest absolute Gasteiger partial charge is 0.325 e. The highest BCUT2D eigenvalue weighted by molar-refractivity contribution is 8.00. The molecule has 0 aliphatic rings. The Morgan fingerprint density at radius 2 is 1.56 bits per heavy atom. The Labute approximate surface area is 250 Å². The second kappa shape index (κ2) is 14.0. The van der Waals surface area contributed by atoms with Gasteiger partial charge in [-0.3, -0.25) is 14.4 Å². The first-order chi connectivity index (χ1) is 19.7. The van der Waals surface area contributed by atoms with Crippen LogP contribution in [0, 0.1) is 12.7 Å². The highest BCUT2D eigenvalue weighted by Gasteiger charge is 2.17. The van der Waals surface area contributed by atoms with Crippen molar-refractivity contribution in [2.45, 2.75) is 11.8 Å². The third kappa shape index (κ3) is 8.20. The number of amides is 3. The Balaban J connectivity index is 1.49. The van der Waals surface area contributed by atoms with Crippen LogP contribution in [-0.2, 0) is 9.59 Å². The van der Waals surface area contributed by atoms with Crippen LogP contribution < -0.4 is 16.0 Å². The zero-order valence-corrected chi connectivity index (χ0v) is 24.0. The number of nitrogens with one attached hydrogen (secondary N) is 3. The van der Waals surface area contributed by atoms with Gasteiger partial charge in [0.15, 0.2) is 0 Å². The molecule has 208 valence electrons. The molecule has 10 heteroatoms. The molecule has 0 atom stereocenters. The van der Waals surface area contributed by atoms with E-state index >= 15 is 0 Å². The summed E-state index contributed by atoms with van der Waals surface area (Å²) >= 11 is 13.6. The fourth-order valence-electron chi connectivity index (χ4n) is 3.68. The third-order valence-corrected chi connectivity index (χ3v) is 7.55. The van der Waals surface area contributed by atoms with Gasteiger partial charge in [-0.2, -0.15) is 0 Å². The van der Waals surface area contributed by atoms with Crippen LogP contribution in [0.25, 0.3) is 6.08 Å². The molecule has 0 saturated carbocycles. The van der Waals surface area contributed by atoms with Gasteiger partial charge in [-0.05, 0) is 73.2 Å². The number of hydrogen-bond acceptors (Lipinski definition) is 4. The van der Waals surface area contributed by atoms with Gasteiger partial charge in [0.05, 0.1) is 10.8 Å². The average molecular weight is 609 g/mol. The molecular formula is C31H24Cl2FN3O3S. The second-order valence-corrected chi connectivity index (χ2v) is 10.6. The van der Waals surface area contributed by atoms with E-state index in [2.05, 4.69) is 16.0 Å². The fraction of sp³-hybridized carbons (Fsp3) is 0.0645. The number of benzene rings is 4. The molecule has 0 aliphatic heterocycles. The van der Waals surface area contributed by atoms with Crippen molar-refractivity contribution in [2.75, 3.05) is 16.4 Å². The Hall–Kier alpha value is -4.11. The third-order valence-electron chi connectivity index (χ3n) is 5.82. The van der Waals surface area contributed by atoms with Gasteiger partial charge in [0.25, 0.3) is 11.8 Å². The lowest BCUT2D eigenvalue weighted by Gasteiger charge is -2.13. The van der Waals surface area contributed by atoms with Crippen LogP contribution in [0.1, 0.15) is 21.5 Å². The summed E-state index contributed by atoms with van der Waals surface area (Å²) in [6.45, 7) is 1.82. The van der Waals surface area contributed by atoms with Gasteiger partial charge in [-0.15, -0.1) is 11.8 Å². The maximum atomic E-state index is 14.5. The quantitative estimate of drug-likeness (QED) is 0.135. The highest BCUT2D eigenvalue weighted by Crippen LogP contribution is 2.26. The predicted octanol–water partition coefficient (Wildman–Crippen LogP) is 7.58. The van der Waals surface area contributed by atoms with E-state index in [1.54, 1.807) is 72.8 Å². The Morgan fingerprint density at radius 3 is 2.32 bits per heavy atom. The summed E-state index contributed by atoms with van der Waals surface area (Å²) in [5.74, 6) is -1.99. The molecule has 0 heterocycles. The van der Waals surface area contributed by atoms with E-state index in [9.17, 15) is 18.8 Å². The summed E-state index contributed by atoms with van der Waals surface area (Å²) in [4.78, 5) is 39.4. The van der Waals surface area contributed by atoms with Crippen LogP contribution in [0.4, 0.5) is 15.8 Å². The average Bonchev–Trinajstić information content (AvgIpc) is 2.96. The monoisotopic (exact) mass is 607 g/mol. The first kappa shape index (κ1) is 29.9. The van der Waals surface area contributed by atoms with Gasteiger partial charge >= 0.3 is 0 Å². The number of anilines is 2. The number of rotatable bonds is 9. The standard InChI is InChI=1S/C31H24Cl2FN3O3S/c1-19-24(32)12-7-15-27(19)36-29(38)18-41-22-11-5-10-21(16-22)35-31(40)28(17-23-25(33)13-6-14-26(23)34)37-30(39)20-8-3-2-4-9-20/h2-17H,18H2,1H3,(H,35,40)(H,36,38)(H,37,39)/b28-17+. The maximum Gasteiger partial charge on any atom is 0.272 e. The lowest BCUT2D eigenvalue weighted by atomic mass is 10.1. The molecule has 0 radical (unpaired) electrons. The fourth-order valence-corrected chi connectivity index (χ4v) is 4.82. The highest BCUT2D eigenvalue weighted by atomic mass is 35.5. The maximum absolute atomic E-state index is 14.5. The summed E-state index contributed by atoms with van der Waals surface area (Å²) in [7, 11) is 0. The smallest absolute Gasteiger partial charge is 0.272 e. The number of halogens is 3. The Kier molecular flexibility index (Phi) is 10.2. The van der Waals surface area contributed by atoms with Crippen molar-refractivity contribution < 1.29 is 18.8 Å².